The fraction of sp³-hybridized carbons (Fsp3) is 0.250. The average Bonchev–Trinajstić information content (AvgIpc) is 2.43. The first-order valence-corrected chi connectivity index (χ1v) is 6.80. The molecular formula is C16H17ClFNO. The van der Waals surface area contributed by atoms with Crippen LogP contribution in [-0.2, 0) is 0 Å². The van der Waals surface area contributed by atoms with Crippen molar-refractivity contribution in [3.05, 3.63) is 64.4 Å². The lowest BCUT2D eigenvalue weighted by Gasteiger charge is -2.18. The summed E-state index contributed by atoms with van der Waals surface area (Å²) in [6.45, 7) is 2.27. The summed E-state index contributed by atoms with van der Waals surface area (Å²) in [7, 11) is 1.78. The number of nitrogens with one attached hydrogen (secondary N) is 1. The van der Waals surface area contributed by atoms with Crippen molar-refractivity contribution in [3.63, 3.8) is 0 Å². The van der Waals surface area contributed by atoms with Crippen molar-refractivity contribution in [2.45, 2.75) is 13.0 Å². The Hall–Kier alpha value is -1.58. The molecule has 0 saturated carbocycles. The van der Waals surface area contributed by atoms with Crippen LogP contribution in [0.2, 0.25) is 5.02 Å². The van der Waals surface area contributed by atoms with E-state index in [1.54, 1.807) is 19.2 Å². The van der Waals surface area contributed by atoms with Crippen LogP contribution in [0.3, 0.4) is 0 Å². The molecule has 0 heterocycles. The van der Waals surface area contributed by atoms with Gasteiger partial charge in [0.15, 0.2) is 0 Å². The second-order valence-corrected chi connectivity index (χ2v) is 5.01. The van der Waals surface area contributed by atoms with Gasteiger partial charge < -0.3 is 10.1 Å². The molecule has 0 fully saturated rings. The van der Waals surface area contributed by atoms with Crippen LogP contribution < -0.4 is 10.1 Å². The molecule has 1 atom stereocenters. The van der Waals surface area contributed by atoms with E-state index in [-0.39, 0.29) is 11.9 Å². The summed E-state index contributed by atoms with van der Waals surface area (Å²) in [5, 5.41) is 3.62. The monoisotopic (exact) mass is 293 g/mol. The van der Waals surface area contributed by atoms with E-state index < -0.39 is 0 Å². The molecule has 2 nitrogen and oxygen atoms in total. The molecule has 0 radical (unpaired) electrons. The summed E-state index contributed by atoms with van der Waals surface area (Å²) >= 11 is 6.11. The maximum absolute atomic E-state index is 13.8. The van der Waals surface area contributed by atoms with Crippen molar-refractivity contribution in [3.8, 4) is 5.75 Å². The molecule has 0 aliphatic carbocycles. The Kier molecular flexibility index (Phi) is 4.99. The minimum Gasteiger partial charge on any atom is -0.490 e. The number of ether oxygens (including phenoxy) is 1. The number of rotatable bonds is 5. The van der Waals surface area contributed by atoms with Crippen molar-refractivity contribution in [2.24, 2.45) is 0 Å². The molecule has 0 bridgehead atoms. The highest BCUT2D eigenvalue weighted by Crippen LogP contribution is 2.26. The van der Waals surface area contributed by atoms with Crippen LogP contribution in [0.1, 0.15) is 17.2 Å². The molecule has 0 saturated heterocycles. The Bertz CT molecular complexity index is 588. The topological polar surface area (TPSA) is 21.3 Å². The SMILES string of the molecule is CNC(COc1ccc(C)cc1Cl)c1ccccc1F. The Morgan fingerprint density at radius 3 is 2.65 bits per heavy atom. The largest absolute Gasteiger partial charge is 0.490 e. The number of benzene rings is 2. The van der Waals surface area contributed by atoms with Gasteiger partial charge in [-0.3, -0.25) is 0 Å². The molecule has 0 spiro atoms. The molecule has 1 N–H and O–H groups in total. The van der Waals surface area contributed by atoms with Gasteiger partial charge in [0.25, 0.3) is 0 Å². The summed E-state index contributed by atoms with van der Waals surface area (Å²) in [6.07, 6.45) is 0. The lowest BCUT2D eigenvalue weighted by molar-refractivity contribution is 0.270. The van der Waals surface area contributed by atoms with Gasteiger partial charge in [-0.05, 0) is 37.7 Å². The van der Waals surface area contributed by atoms with Gasteiger partial charge in [-0.2, -0.15) is 0 Å². The second-order valence-electron chi connectivity index (χ2n) is 4.61. The van der Waals surface area contributed by atoms with Crippen molar-refractivity contribution in [2.75, 3.05) is 13.7 Å². The van der Waals surface area contributed by atoms with Gasteiger partial charge in [0.1, 0.15) is 18.2 Å². The zero-order chi connectivity index (χ0) is 14.5. The highest BCUT2D eigenvalue weighted by molar-refractivity contribution is 6.32. The first kappa shape index (κ1) is 14.8. The minimum absolute atomic E-state index is 0.228. The Labute approximate surface area is 123 Å². The molecule has 1 unspecified atom stereocenters. The summed E-state index contributed by atoms with van der Waals surface area (Å²) in [6, 6.07) is 12.0. The van der Waals surface area contributed by atoms with Gasteiger partial charge >= 0.3 is 0 Å². The van der Waals surface area contributed by atoms with Crippen molar-refractivity contribution in [1.82, 2.24) is 5.32 Å². The first-order chi connectivity index (χ1) is 9.61. The normalized spacial score (nSPS) is 12.2. The molecule has 106 valence electrons. The zero-order valence-corrected chi connectivity index (χ0v) is 12.2. The smallest absolute Gasteiger partial charge is 0.138 e. The lowest BCUT2D eigenvalue weighted by Crippen LogP contribution is -2.24. The van der Waals surface area contributed by atoms with E-state index >= 15 is 0 Å². The van der Waals surface area contributed by atoms with E-state index in [0.717, 1.165) is 5.56 Å². The van der Waals surface area contributed by atoms with Crippen LogP contribution in [0.4, 0.5) is 4.39 Å². The van der Waals surface area contributed by atoms with Gasteiger partial charge in [0.05, 0.1) is 11.1 Å². The van der Waals surface area contributed by atoms with Gasteiger partial charge in [0.2, 0.25) is 0 Å². The Morgan fingerprint density at radius 2 is 2.00 bits per heavy atom. The van der Waals surface area contributed by atoms with Crippen LogP contribution in [0, 0.1) is 12.7 Å². The highest BCUT2D eigenvalue weighted by atomic mass is 35.5. The zero-order valence-electron chi connectivity index (χ0n) is 11.5. The molecule has 2 aromatic carbocycles. The van der Waals surface area contributed by atoms with Crippen molar-refractivity contribution < 1.29 is 9.13 Å². The van der Waals surface area contributed by atoms with Crippen molar-refractivity contribution in [1.29, 1.82) is 0 Å². The van der Waals surface area contributed by atoms with Gasteiger partial charge in [0, 0.05) is 5.56 Å². The van der Waals surface area contributed by atoms with Crippen LogP contribution in [0.15, 0.2) is 42.5 Å². The molecule has 2 aromatic rings. The maximum Gasteiger partial charge on any atom is 0.138 e. The van der Waals surface area contributed by atoms with Crippen LogP contribution >= 0.6 is 11.6 Å². The van der Waals surface area contributed by atoms with Crippen LogP contribution in [-0.4, -0.2) is 13.7 Å². The summed E-state index contributed by atoms with van der Waals surface area (Å²) < 4.78 is 19.5. The molecule has 4 heteroatoms. The predicted octanol–water partition coefficient (Wildman–Crippen LogP) is 4.13. The van der Waals surface area contributed by atoms with E-state index in [0.29, 0.717) is 22.9 Å². The van der Waals surface area contributed by atoms with E-state index in [1.165, 1.54) is 6.07 Å². The van der Waals surface area contributed by atoms with E-state index in [9.17, 15) is 4.39 Å². The third-order valence-corrected chi connectivity index (χ3v) is 3.42. The van der Waals surface area contributed by atoms with Gasteiger partial charge in [-0.15, -0.1) is 0 Å². The summed E-state index contributed by atoms with van der Waals surface area (Å²) in [4.78, 5) is 0. The number of aryl methyl sites for hydroxylation is 1. The fourth-order valence-corrected chi connectivity index (χ4v) is 2.27. The number of hydrogen-bond acceptors (Lipinski definition) is 2. The quantitative estimate of drug-likeness (QED) is 0.895. The molecular weight excluding hydrogens is 277 g/mol. The standard InChI is InChI=1S/C16H17ClFNO/c1-11-7-8-16(13(17)9-11)20-10-15(19-2)12-5-3-4-6-14(12)18/h3-9,15,19H,10H2,1-2H3. The summed E-state index contributed by atoms with van der Waals surface area (Å²) in [5.41, 5.74) is 1.65. The van der Waals surface area contributed by atoms with Gasteiger partial charge in [-0.1, -0.05) is 35.9 Å². The third kappa shape index (κ3) is 3.50. The predicted molar refractivity (Wildman–Crippen MR) is 79.9 cm³/mol. The number of likely N-dealkylation sites (N-methyl/N-ethyl adjacent to an activating group) is 1. The van der Waals surface area contributed by atoms with Gasteiger partial charge in [-0.25, -0.2) is 4.39 Å². The maximum atomic E-state index is 13.8. The van der Waals surface area contributed by atoms with Crippen LogP contribution in [0.25, 0.3) is 0 Å². The lowest BCUT2D eigenvalue weighted by atomic mass is 10.1. The van der Waals surface area contributed by atoms with E-state index in [2.05, 4.69) is 5.32 Å². The van der Waals surface area contributed by atoms with Crippen molar-refractivity contribution >= 4 is 11.6 Å². The molecule has 0 aromatic heterocycles. The third-order valence-electron chi connectivity index (χ3n) is 3.12. The average molecular weight is 294 g/mol. The van der Waals surface area contributed by atoms with E-state index in [4.69, 9.17) is 16.3 Å². The molecule has 2 rings (SSSR count). The van der Waals surface area contributed by atoms with Crippen LogP contribution in [0.5, 0.6) is 5.75 Å². The second kappa shape index (κ2) is 6.73. The minimum atomic E-state index is -0.245. The number of halogens is 2. The fourth-order valence-electron chi connectivity index (χ4n) is 1.98. The first-order valence-electron chi connectivity index (χ1n) is 6.42. The summed E-state index contributed by atoms with van der Waals surface area (Å²) in [5.74, 6) is 0.360. The molecule has 0 amide bonds. The Balaban J connectivity index is 2.10. The molecule has 0 aliphatic rings. The number of hydrogen-bond donors (Lipinski definition) is 1. The van der Waals surface area contributed by atoms with E-state index in [1.807, 2.05) is 31.2 Å². The highest BCUT2D eigenvalue weighted by Gasteiger charge is 2.14. The Morgan fingerprint density at radius 1 is 1.25 bits per heavy atom. The molecule has 20 heavy (non-hydrogen) atoms. The molecule has 0 aliphatic heterocycles.